The molecular formula is C25H21ClN2O3. The Hall–Kier alpha value is -3.15. The van der Waals surface area contributed by atoms with Crippen molar-refractivity contribution in [2.24, 2.45) is 5.41 Å². The molecule has 2 amide bonds. The van der Waals surface area contributed by atoms with E-state index in [2.05, 4.69) is 0 Å². The molecule has 2 heterocycles. The molecule has 3 aromatic carbocycles. The summed E-state index contributed by atoms with van der Waals surface area (Å²) in [4.78, 5) is 34.7. The van der Waals surface area contributed by atoms with E-state index in [1.165, 1.54) is 4.90 Å². The maximum atomic E-state index is 13.8. The van der Waals surface area contributed by atoms with Crippen LogP contribution in [0.25, 0.3) is 0 Å². The minimum absolute atomic E-state index is 0.297. The van der Waals surface area contributed by atoms with E-state index in [0.717, 1.165) is 16.8 Å². The van der Waals surface area contributed by atoms with Crippen LogP contribution in [-0.2, 0) is 14.4 Å². The smallest absolute Gasteiger partial charge is 0.266 e. The molecule has 6 heteroatoms. The van der Waals surface area contributed by atoms with Crippen LogP contribution in [0.1, 0.15) is 24.1 Å². The molecule has 5 nitrogen and oxygen atoms in total. The zero-order valence-electron chi connectivity index (χ0n) is 17.2. The van der Waals surface area contributed by atoms with Gasteiger partial charge in [-0.3, -0.25) is 14.4 Å². The first-order valence-electron chi connectivity index (χ1n) is 10.1. The Balaban J connectivity index is 1.63. The topological polar surface area (TPSA) is 49.9 Å². The fourth-order valence-corrected chi connectivity index (χ4v) is 4.70. The van der Waals surface area contributed by atoms with Crippen LogP contribution in [0.3, 0.4) is 0 Å². The number of carbonyl (C=O) groups excluding carboxylic acids is 2. The van der Waals surface area contributed by atoms with Crippen molar-refractivity contribution in [3.63, 3.8) is 0 Å². The van der Waals surface area contributed by atoms with Crippen molar-refractivity contribution < 1.29 is 14.4 Å². The maximum absolute atomic E-state index is 13.8. The predicted octanol–water partition coefficient (Wildman–Crippen LogP) is 5.09. The highest BCUT2D eigenvalue weighted by atomic mass is 35.5. The number of imide groups is 1. The molecule has 3 atom stereocenters. The van der Waals surface area contributed by atoms with Crippen LogP contribution in [0, 0.1) is 12.3 Å². The molecule has 0 bridgehead atoms. The van der Waals surface area contributed by atoms with Crippen LogP contribution < -0.4 is 9.96 Å². The average Bonchev–Trinajstić information content (AvgIpc) is 3.20. The Labute approximate surface area is 185 Å². The fourth-order valence-electron chi connectivity index (χ4n) is 4.53. The first-order chi connectivity index (χ1) is 14.9. The Morgan fingerprint density at radius 2 is 1.55 bits per heavy atom. The van der Waals surface area contributed by atoms with Crippen molar-refractivity contribution in [3.8, 4) is 0 Å². The molecule has 0 N–H and O–H groups in total. The van der Waals surface area contributed by atoms with E-state index in [1.54, 1.807) is 23.3 Å². The zero-order valence-corrected chi connectivity index (χ0v) is 17.9. The number of hydroxylamine groups is 1. The molecule has 3 unspecified atom stereocenters. The van der Waals surface area contributed by atoms with Crippen molar-refractivity contribution >= 4 is 34.8 Å². The third-order valence-corrected chi connectivity index (χ3v) is 6.62. The minimum atomic E-state index is -1.11. The number of hydrogen-bond acceptors (Lipinski definition) is 4. The second kappa shape index (κ2) is 7.22. The summed E-state index contributed by atoms with van der Waals surface area (Å²) >= 11 is 6.28. The first kappa shape index (κ1) is 19.8. The van der Waals surface area contributed by atoms with Crippen LogP contribution in [0.2, 0.25) is 5.02 Å². The molecule has 0 radical (unpaired) electrons. The summed E-state index contributed by atoms with van der Waals surface area (Å²) in [5, 5.41) is 2.21. The van der Waals surface area contributed by atoms with E-state index >= 15 is 0 Å². The van der Waals surface area contributed by atoms with Crippen LogP contribution in [0.15, 0.2) is 78.9 Å². The summed E-state index contributed by atoms with van der Waals surface area (Å²) < 4.78 is 0. The highest BCUT2D eigenvalue weighted by molar-refractivity contribution is 6.32. The number of aryl methyl sites for hydroxylation is 1. The first-order valence-corrected chi connectivity index (χ1v) is 10.5. The van der Waals surface area contributed by atoms with E-state index in [0.29, 0.717) is 10.7 Å². The number of fused-ring (bicyclic) bond motifs is 1. The Bertz CT molecular complexity index is 1170. The fraction of sp³-hybridized carbons (Fsp3) is 0.200. The van der Waals surface area contributed by atoms with E-state index in [9.17, 15) is 9.59 Å². The summed E-state index contributed by atoms with van der Waals surface area (Å²) in [5.74, 6) is -0.679. The van der Waals surface area contributed by atoms with Gasteiger partial charge < -0.3 is 0 Å². The summed E-state index contributed by atoms with van der Waals surface area (Å²) in [5.41, 5.74) is 1.93. The maximum Gasteiger partial charge on any atom is 0.266 e. The molecule has 2 saturated heterocycles. The Morgan fingerprint density at radius 3 is 2.19 bits per heavy atom. The summed E-state index contributed by atoms with van der Waals surface area (Å²) in [6.07, 6.45) is -0.939. The number of halogens is 1. The molecule has 0 aliphatic carbocycles. The molecule has 5 rings (SSSR count). The van der Waals surface area contributed by atoms with Crippen molar-refractivity contribution in [2.45, 2.75) is 26.0 Å². The van der Waals surface area contributed by atoms with Crippen molar-refractivity contribution in [2.75, 3.05) is 9.96 Å². The van der Waals surface area contributed by atoms with Gasteiger partial charge in [-0.05, 0) is 49.2 Å². The zero-order chi connectivity index (χ0) is 21.8. The number of anilines is 2. The van der Waals surface area contributed by atoms with Gasteiger partial charge in [0, 0.05) is 5.02 Å². The highest BCUT2D eigenvalue weighted by Gasteiger charge is 2.68. The standard InChI is InChI=1S/C25H21ClN2O3/c1-16-13-14-19(15-20(16)26)27-23(29)22-25(2,24(27)30)21(17-9-5-3-6-10-17)28(31-22)18-11-7-4-8-12-18/h3-15,21-22H,1-2H3. The number of carbonyl (C=O) groups is 2. The lowest BCUT2D eigenvalue weighted by atomic mass is 9.76. The molecule has 0 aromatic heterocycles. The summed E-state index contributed by atoms with van der Waals surface area (Å²) in [6, 6.07) is 24.0. The predicted molar refractivity (Wildman–Crippen MR) is 120 cm³/mol. The van der Waals surface area contributed by atoms with Gasteiger partial charge in [0.25, 0.3) is 5.91 Å². The lowest BCUT2D eigenvalue weighted by molar-refractivity contribution is -0.128. The monoisotopic (exact) mass is 432 g/mol. The van der Waals surface area contributed by atoms with Crippen LogP contribution >= 0.6 is 11.6 Å². The number of hydrogen-bond donors (Lipinski definition) is 0. The molecule has 2 fully saturated rings. The lowest BCUT2D eigenvalue weighted by Crippen LogP contribution is -2.41. The third kappa shape index (κ3) is 2.88. The number of benzene rings is 3. The van der Waals surface area contributed by atoms with E-state index in [-0.39, 0.29) is 11.8 Å². The van der Waals surface area contributed by atoms with Crippen molar-refractivity contribution in [3.05, 3.63) is 95.0 Å². The van der Waals surface area contributed by atoms with Gasteiger partial charge in [0.05, 0.1) is 17.4 Å². The van der Waals surface area contributed by atoms with E-state index < -0.39 is 17.6 Å². The molecule has 3 aromatic rings. The highest BCUT2D eigenvalue weighted by Crippen LogP contribution is 2.55. The molecule has 0 spiro atoms. The molecule has 156 valence electrons. The minimum Gasteiger partial charge on any atom is -0.273 e. The second-order valence-corrected chi connectivity index (χ2v) is 8.56. The second-order valence-electron chi connectivity index (χ2n) is 8.15. The van der Waals surface area contributed by atoms with Gasteiger partial charge in [-0.15, -0.1) is 0 Å². The number of para-hydroxylation sites is 1. The van der Waals surface area contributed by atoms with Gasteiger partial charge in [-0.2, -0.15) is 0 Å². The van der Waals surface area contributed by atoms with Gasteiger partial charge in [-0.25, -0.2) is 9.96 Å². The number of rotatable bonds is 3. The van der Waals surface area contributed by atoms with E-state index in [4.69, 9.17) is 16.4 Å². The molecule has 2 aliphatic rings. The van der Waals surface area contributed by atoms with Gasteiger partial charge in [0.1, 0.15) is 5.41 Å². The summed E-state index contributed by atoms with van der Waals surface area (Å²) in [7, 11) is 0. The largest absolute Gasteiger partial charge is 0.273 e. The van der Waals surface area contributed by atoms with Crippen molar-refractivity contribution in [1.29, 1.82) is 0 Å². The van der Waals surface area contributed by atoms with Gasteiger partial charge in [-0.1, -0.05) is 66.2 Å². The van der Waals surface area contributed by atoms with E-state index in [1.807, 2.05) is 74.5 Å². The quantitative estimate of drug-likeness (QED) is 0.541. The third-order valence-electron chi connectivity index (χ3n) is 6.21. The Morgan fingerprint density at radius 1 is 0.903 bits per heavy atom. The van der Waals surface area contributed by atoms with Crippen LogP contribution in [0.5, 0.6) is 0 Å². The van der Waals surface area contributed by atoms with Crippen LogP contribution in [0.4, 0.5) is 11.4 Å². The van der Waals surface area contributed by atoms with Crippen molar-refractivity contribution in [1.82, 2.24) is 0 Å². The SMILES string of the molecule is Cc1ccc(N2C(=O)C3ON(c4ccccc4)C(c4ccccc4)C3(C)C2=O)cc1Cl. The Kier molecular flexibility index (Phi) is 4.61. The summed E-state index contributed by atoms with van der Waals surface area (Å²) in [6.45, 7) is 3.69. The molecule has 31 heavy (non-hydrogen) atoms. The van der Waals surface area contributed by atoms with Gasteiger partial charge >= 0.3 is 0 Å². The van der Waals surface area contributed by atoms with Gasteiger partial charge in [0.2, 0.25) is 5.91 Å². The normalized spacial score (nSPS) is 25.3. The lowest BCUT2D eigenvalue weighted by Gasteiger charge is -2.32. The average molecular weight is 433 g/mol. The van der Waals surface area contributed by atoms with Gasteiger partial charge in [0.15, 0.2) is 6.10 Å². The number of amides is 2. The molecule has 0 saturated carbocycles. The number of nitrogens with zero attached hydrogens (tertiary/aromatic N) is 2. The molecular weight excluding hydrogens is 412 g/mol. The van der Waals surface area contributed by atoms with Crippen LogP contribution in [-0.4, -0.2) is 17.9 Å². The molecule has 2 aliphatic heterocycles.